The van der Waals surface area contributed by atoms with E-state index in [2.05, 4.69) is 10.3 Å². The molecule has 1 aliphatic rings. The van der Waals surface area contributed by atoms with Crippen molar-refractivity contribution in [2.24, 2.45) is 5.92 Å². The molecule has 20 heavy (non-hydrogen) atoms. The van der Waals surface area contributed by atoms with E-state index in [-0.39, 0.29) is 17.9 Å². The van der Waals surface area contributed by atoms with Crippen molar-refractivity contribution in [3.63, 3.8) is 0 Å². The minimum absolute atomic E-state index is 0.0604. The summed E-state index contributed by atoms with van der Waals surface area (Å²) in [6, 6.07) is 3.76. The van der Waals surface area contributed by atoms with Gasteiger partial charge in [-0.15, -0.1) is 0 Å². The zero-order valence-corrected chi connectivity index (χ0v) is 11.6. The maximum atomic E-state index is 12.1. The lowest BCUT2D eigenvalue weighted by molar-refractivity contribution is -0.142. The molecule has 0 atom stereocenters. The van der Waals surface area contributed by atoms with E-state index in [1.165, 1.54) is 0 Å². The summed E-state index contributed by atoms with van der Waals surface area (Å²) in [5, 5.41) is 11.9. The third-order valence-corrected chi connectivity index (χ3v) is 3.88. The van der Waals surface area contributed by atoms with Crippen LogP contribution in [0.4, 0.5) is 0 Å². The number of hydrogen-bond donors (Lipinski definition) is 2. The van der Waals surface area contributed by atoms with Crippen molar-refractivity contribution < 1.29 is 14.7 Å². The Morgan fingerprint density at radius 2 is 2.05 bits per heavy atom. The lowest BCUT2D eigenvalue weighted by Crippen LogP contribution is -2.39. The fourth-order valence-electron chi connectivity index (χ4n) is 2.56. The summed E-state index contributed by atoms with van der Waals surface area (Å²) in [4.78, 5) is 27.1. The average molecular weight is 276 g/mol. The van der Waals surface area contributed by atoms with Gasteiger partial charge in [-0.25, -0.2) is 0 Å². The second-order valence-corrected chi connectivity index (χ2v) is 5.26. The number of nitrogens with zero attached hydrogens (tertiary/aromatic N) is 1. The zero-order chi connectivity index (χ0) is 14.5. The maximum Gasteiger partial charge on any atom is 0.306 e. The van der Waals surface area contributed by atoms with Gasteiger partial charge in [0.15, 0.2) is 0 Å². The zero-order valence-electron chi connectivity index (χ0n) is 11.6. The monoisotopic (exact) mass is 276 g/mol. The van der Waals surface area contributed by atoms with Gasteiger partial charge in [-0.1, -0.05) is 6.92 Å². The van der Waals surface area contributed by atoms with Gasteiger partial charge in [-0.2, -0.15) is 0 Å². The Hall–Kier alpha value is -1.91. The fourth-order valence-corrected chi connectivity index (χ4v) is 2.56. The van der Waals surface area contributed by atoms with E-state index in [1.807, 2.05) is 13.0 Å². The average Bonchev–Trinajstić information content (AvgIpc) is 2.47. The van der Waals surface area contributed by atoms with Gasteiger partial charge in [0.25, 0.3) is 5.91 Å². The molecule has 108 valence electrons. The molecule has 0 spiro atoms. The molecule has 1 amide bonds. The number of amides is 1. The van der Waals surface area contributed by atoms with Crippen LogP contribution in [-0.4, -0.2) is 28.0 Å². The number of pyridine rings is 1. The largest absolute Gasteiger partial charge is 0.481 e. The van der Waals surface area contributed by atoms with E-state index >= 15 is 0 Å². The Morgan fingerprint density at radius 1 is 1.35 bits per heavy atom. The van der Waals surface area contributed by atoms with E-state index < -0.39 is 5.97 Å². The molecule has 5 nitrogen and oxygen atoms in total. The van der Waals surface area contributed by atoms with Crippen LogP contribution in [0.25, 0.3) is 0 Å². The summed E-state index contributed by atoms with van der Waals surface area (Å²) in [5.74, 6) is -1.16. The minimum Gasteiger partial charge on any atom is -0.481 e. The third kappa shape index (κ3) is 3.56. The number of aliphatic carboxylic acids is 1. The fraction of sp³-hybridized carbons (Fsp3) is 0.533. The molecule has 0 aliphatic heterocycles. The predicted molar refractivity (Wildman–Crippen MR) is 74.5 cm³/mol. The number of carbonyl (C=O) groups excluding carboxylic acids is 1. The quantitative estimate of drug-likeness (QED) is 0.881. The van der Waals surface area contributed by atoms with E-state index in [0.29, 0.717) is 18.5 Å². The van der Waals surface area contributed by atoms with Gasteiger partial charge in [0.1, 0.15) is 5.69 Å². The van der Waals surface area contributed by atoms with Crippen LogP contribution in [-0.2, 0) is 11.2 Å². The van der Waals surface area contributed by atoms with Crippen molar-refractivity contribution in [1.29, 1.82) is 0 Å². The molecule has 1 aromatic heterocycles. The molecule has 1 saturated carbocycles. The molecule has 0 saturated heterocycles. The number of aryl methyl sites for hydroxylation is 1. The summed E-state index contributed by atoms with van der Waals surface area (Å²) < 4.78 is 0. The smallest absolute Gasteiger partial charge is 0.306 e. The highest BCUT2D eigenvalue weighted by molar-refractivity contribution is 5.92. The standard InChI is InChI=1S/C15H20N2O3/c1-2-10-7-8-16-13(9-10)14(18)17-12-5-3-11(4-6-12)15(19)20/h7-9,11-12H,2-6H2,1H3,(H,17,18)(H,19,20). The van der Waals surface area contributed by atoms with Crippen LogP contribution in [0.1, 0.15) is 48.7 Å². The molecular formula is C15H20N2O3. The van der Waals surface area contributed by atoms with Crippen LogP contribution in [0.2, 0.25) is 0 Å². The van der Waals surface area contributed by atoms with Crippen LogP contribution < -0.4 is 5.32 Å². The van der Waals surface area contributed by atoms with E-state index in [1.54, 1.807) is 12.3 Å². The Balaban J connectivity index is 1.90. The van der Waals surface area contributed by atoms with Crippen molar-refractivity contribution in [3.8, 4) is 0 Å². The second kappa shape index (κ2) is 6.50. The second-order valence-electron chi connectivity index (χ2n) is 5.26. The summed E-state index contributed by atoms with van der Waals surface area (Å²) in [7, 11) is 0. The van der Waals surface area contributed by atoms with Gasteiger partial charge < -0.3 is 10.4 Å². The lowest BCUT2D eigenvalue weighted by atomic mass is 9.86. The molecule has 2 rings (SSSR count). The number of rotatable bonds is 4. The Kier molecular flexibility index (Phi) is 4.71. The van der Waals surface area contributed by atoms with Crippen molar-refractivity contribution >= 4 is 11.9 Å². The van der Waals surface area contributed by atoms with Gasteiger partial charge in [-0.05, 0) is 49.8 Å². The Morgan fingerprint density at radius 3 is 2.65 bits per heavy atom. The SMILES string of the molecule is CCc1ccnc(C(=O)NC2CCC(C(=O)O)CC2)c1. The molecule has 2 N–H and O–H groups in total. The van der Waals surface area contributed by atoms with Crippen LogP contribution in [0, 0.1) is 5.92 Å². The molecule has 0 bridgehead atoms. The highest BCUT2D eigenvalue weighted by Crippen LogP contribution is 2.24. The first-order chi connectivity index (χ1) is 9.60. The van der Waals surface area contributed by atoms with Gasteiger partial charge >= 0.3 is 5.97 Å². The van der Waals surface area contributed by atoms with Crippen LogP contribution in [0.15, 0.2) is 18.3 Å². The first-order valence-electron chi connectivity index (χ1n) is 7.08. The summed E-state index contributed by atoms with van der Waals surface area (Å²) in [6.45, 7) is 2.03. The van der Waals surface area contributed by atoms with E-state index in [9.17, 15) is 9.59 Å². The lowest BCUT2D eigenvalue weighted by Gasteiger charge is -2.26. The van der Waals surface area contributed by atoms with Gasteiger partial charge in [-0.3, -0.25) is 14.6 Å². The number of nitrogens with one attached hydrogen (secondary N) is 1. The van der Waals surface area contributed by atoms with Crippen molar-refractivity contribution in [1.82, 2.24) is 10.3 Å². The third-order valence-electron chi connectivity index (χ3n) is 3.88. The molecular weight excluding hydrogens is 256 g/mol. The van der Waals surface area contributed by atoms with Crippen LogP contribution in [0.3, 0.4) is 0 Å². The number of carboxylic acid groups (broad SMARTS) is 1. The predicted octanol–water partition coefficient (Wildman–Crippen LogP) is 2.02. The summed E-state index contributed by atoms with van der Waals surface area (Å²) in [6.07, 6.45) is 5.21. The summed E-state index contributed by atoms with van der Waals surface area (Å²) in [5.41, 5.74) is 1.52. The van der Waals surface area contributed by atoms with E-state index in [4.69, 9.17) is 5.11 Å². The van der Waals surface area contributed by atoms with E-state index in [0.717, 1.165) is 24.8 Å². The first kappa shape index (κ1) is 14.5. The topological polar surface area (TPSA) is 79.3 Å². The highest BCUT2D eigenvalue weighted by atomic mass is 16.4. The van der Waals surface area contributed by atoms with Crippen LogP contribution in [0.5, 0.6) is 0 Å². The molecule has 0 unspecified atom stereocenters. The Labute approximate surface area is 118 Å². The summed E-state index contributed by atoms with van der Waals surface area (Å²) >= 11 is 0. The number of aromatic nitrogens is 1. The van der Waals surface area contributed by atoms with Gasteiger partial charge in [0, 0.05) is 12.2 Å². The number of carboxylic acids is 1. The molecule has 1 aliphatic carbocycles. The van der Waals surface area contributed by atoms with Crippen LogP contribution >= 0.6 is 0 Å². The number of carbonyl (C=O) groups is 2. The van der Waals surface area contributed by atoms with Gasteiger partial charge in [0.2, 0.25) is 0 Å². The molecule has 1 fully saturated rings. The number of hydrogen-bond acceptors (Lipinski definition) is 3. The highest BCUT2D eigenvalue weighted by Gasteiger charge is 2.27. The normalized spacial score (nSPS) is 22.2. The van der Waals surface area contributed by atoms with Crippen molar-refractivity contribution in [2.75, 3.05) is 0 Å². The molecule has 5 heteroatoms. The first-order valence-corrected chi connectivity index (χ1v) is 7.08. The molecule has 1 aromatic rings. The molecule has 1 heterocycles. The molecule has 0 radical (unpaired) electrons. The van der Waals surface area contributed by atoms with Gasteiger partial charge in [0.05, 0.1) is 5.92 Å². The minimum atomic E-state index is -0.730. The van der Waals surface area contributed by atoms with Crippen molar-refractivity contribution in [3.05, 3.63) is 29.6 Å². The molecule has 0 aromatic carbocycles. The maximum absolute atomic E-state index is 12.1. The Bertz CT molecular complexity index is 494. The van der Waals surface area contributed by atoms with Crippen molar-refractivity contribution in [2.45, 2.75) is 45.1 Å².